The first-order chi connectivity index (χ1) is 12.4. The summed E-state index contributed by atoms with van der Waals surface area (Å²) in [4.78, 5) is 18.4. The maximum absolute atomic E-state index is 13.3. The summed E-state index contributed by atoms with van der Waals surface area (Å²) < 4.78 is 40.3. The van der Waals surface area contributed by atoms with Crippen molar-refractivity contribution in [3.63, 3.8) is 0 Å². The zero-order valence-electron chi connectivity index (χ0n) is 14.4. The molecule has 1 fully saturated rings. The molecule has 8 heteroatoms. The van der Waals surface area contributed by atoms with Crippen LogP contribution in [-0.4, -0.2) is 37.3 Å². The Hall–Kier alpha value is -2.32. The van der Waals surface area contributed by atoms with Gasteiger partial charge in [0.05, 0.1) is 23.2 Å². The summed E-state index contributed by atoms with van der Waals surface area (Å²) >= 11 is 0. The minimum Gasteiger partial charge on any atom is -0.333 e. The van der Waals surface area contributed by atoms with Gasteiger partial charge in [-0.15, -0.1) is 0 Å². The predicted molar refractivity (Wildman–Crippen MR) is 94.3 cm³/mol. The summed E-state index contributed by atoms with van der Waals surface area (Å²) in [5.74, 6) is -0.782. The standard InChI is InChI=1S/C18H20FN3O3S/c1-13-11-14(7-8-15(13)19)26(24,25)21-12-18(23)22-10-4-6-17(22)16-5-2-3-9-20-16/h2-3,5,7-9,11,17,21H,4,6,10,12H2,1H3/t17-/m1/s1. The molecule has 6 nitrogen and oxygen atoms in total. The molecule has 0 aliphatic carbocycles. The van der Waals surface area contributed by atoms with Crippen LogP contribution >= 0.6 is 0 Å². The number of benzene rings is 1. The van der Waals surface area contributed by atoms with E-state index in [0.717, 1.165) is 24.6 Å². The first-order valence-electron chi connectivity index (χ1n) is 8.35. The molecule has 1 amide bonds. The lowest BCUT2D eigenvalue weighted by Gasteiger charge is -2.24. The Morgan fingerprint density at radius 2 is 2.15 bits per heavy atom. The van der Waals surface area contributed by atoms with E-state index < -0.39 is 15.8 Å². The molecule has 0 bridgehead atoms. The van der Waals surface area contributed by atoms with Crippen molar-refractivity contribution in [3.8, 4) is 0 Å². The van der Waals surface area contributed by atoms with Crippen LogP contribution in [0.5, 0.6) is 0 Å². The summed E-state index contributed by atoms with van der Waals surface area (Å²) in [6, 6.07) is 8.93. The van der Waals surface area contributed by atoms with Crippen LogP contribution in [-0.2, 0) is 14.8 Å². The SMILES string of the molecule is Cc1cc(S(=O)(=O)NCC(=O)N2CCC[C@@H]2c2ccccn2)ccc1F. The van der Waals surface area contributed by atoms with E-state index in [9.17, 15) is 17.6 Å². The highest BCUT2D eigenvalue weighted by molar-refractivity contribution is 7.89. The van der Waals surface area contributed by atoms with Crippen molar-refractivity contribution < 1.29 is 17.6 Å². The Morgan fingerprint density at radius 3 is 2.85 bits per heavy atom. The zero-order valence-corrected chi connectivity index (χ0v) is 15.2. The average molecular weight is 377 g/mol. The topological polar surface area (TPSA) is 79.4 Å². The number of sulfonamides is 1. The number of carbonyl (C=O) groups excluding carboxylic acids is 1. The van der Waals surface area contributed by atoms with E-state index in [4.69, 9.17) is 0 Å². The molecule has 3 rings (SSSR count). The third-order valence-electron chi connectivity index (χ3n) is 4.46. The van der Waals surface area contributed by atoms with Crippen molar-refractivity contribution >= 4 is 15.9 Å². The fraction of sp³-hybridized carbons (Fsp3) is 0.333. The highest BCUT2D eigenvalue weighted by atomic mass is 32.2. The van der Waals surface area contributed by atoms with Gasteiger partial charge in [-0.05, 0) is 55.7 Å². The molecule has 1 saturated heterocycles. The summed E-state index contributed by atoms with van der Waals surface area (Å²) in [5.41, 5.74) is 1.03. The van der Waals surface area contributed by atoms with Gasteiger partial charge in [0.2, 0.25) is 15.9 Å². The van der Waals surface area contributed by atoms with Crippen LogP contribution in [0.25, 0.3) is 0 Å². The Balaban J connectivity index is 1.68. The van der Waals surface area contributed by atoms with Gasteiger partial charge < -0.3 is 4.90 Å². The van der Waals surface area contributed by atoms with E-state index in [2.05, 4.69) is 9.71 Å². The molecular weight excluding hydrogens is 357 g/mol. The molecule has 1 atom stereocenters. The number of aromatic nitrogens is 1. The molecule has 1 aliphatic heterocycles. The minimum absolute atomic E-state index is 0.0631. The molecule has 26 heavy (non-hydrogen) atoms. The number of aryl methyl sites for hydroxylation is 1. The largest absolute Gasteiger partial charge is 0.333 e. The number of rotatable bonds is 5. The molecule has 2 aromatic rings. The Kier molecular flexibility index (Phi) is 5.33. The molecule has 0 spiro atoms. The Morgan fingerprint density at radius 1 is 1.35 bits per heavy atom. The fourth-order valence-corrected chi connectivity index (χ4v) is 4.13. The van der Waals surface area contributed by atoms with Crippen molar-refractivity contribution in [3.05, 3.63) is 59.7 Å². The van der Waals surface area contributed by atoms with Crippen molar-refractivity contribution in [2.45, 2.75) is 30.7 Å². The maximum Gasteiger partial charge on any atom is 0.241 e. The molecule has 0 radical (unpaired) electrons. The number of hydrogen-bond donors (Lipinski definition) is 1. The van der Waals surface area contributed by atoms with Gasteiger partial charge in [-0.25, -0.2) is 17.5 Å². The van der Waals surface area contributed by atoms with Gasteiger partial charge in [0.1, 0.15) is 5.82 Å². The Labute approximate surface area is 152 Å². The van der Waals surface area contributed by atoms with E-state index in [1.54, 1.807) is 11.1 Å². The summed E-state index contributed by atoms with van der Waals surface area (Å²) in [5, 5.41) is 0. The lowest BCUT2D eigenvalue weighted by atomic mass is 10.1. The molecule has 2 heterocycles. The highest BCUT2D eigenvalue weighted by Gasteiger charge is 2.31. The lowest BCUT2D eigenvalue weighted by molar-refractivity contribution is -0.130. The first-order valence-corrected chi connectivity index (χ1v) is 9.83. The average Bonchev–Trinajstić information content (AvgIpc) is 3.12. The fourth-order valence-electron chi connectivity index (χ4n) is 3.07. The lowest BCUT2D eigenvalue weighted by Crippen LogP contribution is -2.40. The number of nitrogens with one attached hydrogen (secondary N) is 1. The van der Waals surface area contributed by atoms with Gasteiger partial charge in [0.15, 0.2) is 0 Å². The minimum atomic E-state index is -3.89. The molecule has 1 aromatic heterocycles. The molecule has 0 saturated carbocycles. The van der Waals surface area contributed by atoms with Crippen LogP contribution < -0.4 is 4.72 Å². The summed E-state index contributed by atoms with van der Waals surface area (Å²) in [6.07, 6.45) is 3.32. The van der Waals surface area contributed by atoms with E-state index in [1.165, 1.54) is 19.1 Å². The van der Waals surface area contributed by atoms with E-state index in [1.807, 2.05) is 18.2 Å². The van der Waals surface area contributed by atoms with Crippen molar-refractivity contribution in [2.75, 3.05) is 13.1 Å². The normalized spacial score (nSPS) is 17.5. The predicted octanol–water partition coefficient (Wildman–Crippen LogP) is 2.17. The van der Waals surface area contributed by atoms with Crippen molar-refractivity contribution in [1.29, 1.82) is 0 Å². The van der Waals surface area contributed by atoms with Gasteiger partial charge >= 0.3 is 0 Å². The smallest absolute Gasteiger partial charge is 0.241 e. The van der Waals surface area contributed by atoms with Crippen LogP contribution in [0.1, 0.15) is 30.1 Å². The number of amides is 1. The van der Waals surface area contributed by atoms with Crippen LogP contribution in [0.2, 0.25) is 0 Å². The maximum atomic E-state index is 13.3. The summed E-state index contributed by atoms with van der Waals surface area (Å²) in [6.45, 7) is 1.71. The number of carbonyl (C=O) groups is 1. The highest BCUT2D eigenvalue weighted by Crippen LogP contribution is 2.30. The number of likely N-dealkylation sites (tertiary alicyclic amines) is 1. The van der Waals surface area contributed by atoms with Crippen LogP contribution in [0.15, 0.2) is 47.5 Å². The number of pyridine rings is 1. The number of nitrogens with zero attached hydrogens (tertiary/aromatic N) is 2. The molecular formula is C18H20FN3O3S. The zero-order chi connectivity index (χ0) is 18.7. The quantitative estimate of drug-likeness (QED) is 0.866. The molecule has 1 aromatic carbocycles. The van der Waals surface area contributed by atoms with Crippen molar-refractivity contribution in [2.24, 2.45) is 0 Å². The second kappa shape index (κ2) is 7.51. The van der Waals surface area contributed by atoms with E-state index in [0.29, 0.717) is 6.54 Å². The number of halogens is 1. The van der Waals surface area contributed by atoms with Gasteiger partial charge in [-0.3, -0.25) is 9.78 Å². The van der Waals surface area contributed by atoms with Gasteiger partial charge in [0, 0.05) is 12.7 Å². The van der Waals surface area contributed by atoms with Crippen LogP contribution in [0.3, 0.4) is 0 Å². The van der Waals surface area contributed by atoms with E-state index in [-0.39, 0.29) is 29.0 Å². The van der Waals surface area contributed by atoms with Crippen LogP contribution in [0.4, 0.5) is 4.39 Å². The second-order valence-corrected chi connectivity index (χ2v) is 8.00. The summed E-state index contributed by atoms with van der Waals surface area (Å²) in [7, 11) is -3.89. The molecule has 0 unspecified atom stereocenters. The molecule has 1 aliphatic rings. The van der Waals surface area contributed by atoms with Gasteiger partial charge in [0.25, 0.3) is 0 Å². The first kappa shape index (κ1) is 18.5. The monoisotopic (exact) mass is 377 g/mol. The van der Waals surface area contributed by atoms with Crippen LogP contribution in [0, 0.1) is 12.7 Å². The van der Waals surface area contributed by atoms with Crippen molar-refractivity contribution in [1.82, 2.24) is 14.6 Å². The number of hydrogen-bond acceptors (Lipinski definition) is 4. The Bertz CT molecular complexity index is 903. The van der Waals surface area contributed by atoms with Gasteiger partial charge in [-0.2, -0.15) is 0 Å². The molecule has 1 N–H and O–H groups in total. The second-order valence-electron chi connectivity index (χ2n) is 6.24. The van der Waals surface area contributed by atoms with Gasteiger partial charge in [-0.1, -0.05) is 6.07 Å². The third-order valence-corrected chi connectivity index (χ3v) is 5.85. The molecule has 138 valence electrons. The van der Waals surface area contributed by atoms with E-state index >= 15 is 0 Å². The third kappa shape index (κ3) is 3.91.